The third-order valence-electron chi connectivity index (χ3n) is 3.90. The van der Waals surface area contributed by atoms with E-state index < -0.39 is 10.0 Å². The van der Waals surface area contributed by atoms with Gasteiger partial charge in [0.1, 0.15) is 5.75 Å². The highest BCUT2D eigenvalue weighted by Crippen LogP contribution is 2.20. The molecule has 3 N–H and O–H groups in total. The molecule has 2 aromatic rings. The van der Waals surface area contributed by atoms with E-state index in [0.29, 0.717) is 24.1 Å². The van der Waals surface area contributed by atoms with Crippen molar-refractivity contribution in [3.8, 4) is 5.75 Å². The van der Waals surface area contributed by atoms with Gasteiger partial charge in [0.25, 0.3) is 5.91 Å². The van der Waals surface area contributed by atoms with E-state index >= 15 is 0 Å². The third-order valence-corrected chi connectivity index (χ3v) is 4.81. The Bertz CT molecular complexity index is 892. The first kappa shape index (κ1) is 19.0. The van der Waals surface area contributed by atoms with Gasteiger partial charge in [-0.05, 0) is 49.6 Å². The van der Waals surface area contributed by atoms with Gasteiger partial charge in [-0.25, -0.2) is 13.6 Å². The first-order valence-electron chi connectivity index (χ1n) is 7.77. The van der Waals surface area contributed by atoms with Crippen LogP contribution in [0.25, 0.3) is 0 Å². The SMILES string of the molecule is COc1ccc(C)cc1CCNC(=O)c1cc(S(N)(=O)=O)ccc1C. The molecule has 0 aromatic heterocycles. The van der Waals surface area contributed by atoms with Crippen LogP contribution in [-0.4, -0.2) is 28.0 Å². The molecule has 134 valence electrons. The van der Waals surface area contributed by atoms with Crippen molar-refractivity contribution in [3.05, 3.63) is 58.7 Å². The first-order valence-corrected chi connectivity index (χ1v) is 9.32. The normalized spacial score (nSPS) is 11.2. The molecule has 0 aliphatic heterocycles. The van der Waals surface area contributed by atoms with Crippen LogP contribution in [0.2, 0.25) is 0 Å². The number of sulfonamides is 1. The van der Waals surface area contributed by atoms with Gasteiger partial charge in [0.2, 0.25) is 10.0 Å². The van der Waals surface area contributed by atoms with Gasteiger partial charge in [0, 0.05) is 12.1 Å². The molecule has 0 saturated heterocycles. The Morgan fingerprint density at radius 2 is 1.88 bits per heavy atom. The van der Waals surface area contributed by atoms with Crippen LogP contribution in [0.3, 0.4) is 0 Å². The number of ether oxygens (including phenoxy) is 1. The molecule has 6 nitrogen and oxygen atoms in total. The van der Waals surface area contributed by atoms with Crippen LogP contribution in [0.4, 0.5) is 0 Å². The van der Waals surface area contributed by atoms with Gasteiger partial charge < -0.3 is 10.1 Å². The maximum absolute atomic E-state index is 12.4. The van der Waals surface area contributed by atoms with E-state index in [0.717, 1.165) is 16.9 Å². The van der Waals surface area contributed by atoms with Crippen molar-refractivity contribution in [2.75, 3.05) is 13.7 Å². The second-order valence-corrected chi connectivity index (χ2v) is 7.40. The third kappa shape index (κ3) is 4.80. The smallest absolute Gasteiger partial charge is 0.251 e. The summed E-state index contributed by atoms with van der Waals surface area (Å²) in [5, 5.41) is 7.93. The molecule has 0 fully saturated rings. The van der Waals surface area contributed by atoms with Crippen LogP contribution in [0.5, 0.6) is 5.75 Å². The molecule has 0 aliphatic carbocycles. The summed E-state index contributed by atoms with van der Waals surface area (Å²) in [5.74, 6) is 0.432. The fourth-order valence-corrected chi connectivity index (χ4v) is 3.07. The Morgan fingerprint density at radius 1 is 1.16 bits per heavy atom. The molecule has 25 heavy (non-hydrogen) atoms. The summed E-state index contributed by atoms with van der Waals surface area (Å²) < 4.78 is 28.2. The zero-order valence-electron chi connectivity index (χ0n) is 14.5. The van der Waals surface area contributed by atoms with Crippen molar-refractivity contribution in [1.82, 2.24) is 5.32 Å². The fourth-order valence-electron chi connectivity index (χ4n) is 2.53. The Kier molecular flexibility index (Phi) is 5.81. The number of primary sulfonamides is 1. The van der Waals surface area contributed by atoms with E-state index in [1.165, 1.54) is 12.1 Å². The number of nitrogens with one attached hydrogen (secondary N) is 1. The van der Waals surface area contributed by atoms with Crippen molar-refractivity contribution in [2.24, 2.45) is 5.14 Å². The minimum Gasteiger partial charge on any atom is -0.496 e. The zero-order chi connectivity index (χ0) is 18.6. The van der Waals surface area contributed by atoms with Crippen LogP contribution in [0, 0.1) is 13.8 Å². The van der Waals surface area contributed by atoms with Crippen molar-refractivity contribution in [2.45, 2.75) is 25.2 Å². The molecule has 0 unspecified atom stereocenters. The molecule has 0 aliphatic rings. The number of nitrogens with two attached hydrogens (primary N) is 1. The van der Waals surface area contributed by atoms with Gasteiger partial charge in [-0.15, -0.1) is 0 Å². The van der Waals surface area contributed by atoms with Crippen LogP contribution in [0.1, 0.15) is 27.0 Å². The summed E-state index contributed by atoms with van der Waals surface area (Å²) in [7, 11) is -2.24. The number of carbonyl (C=O) groups is 1. The van der Waals surface area contributed by atoms with Crippen molar-refractivity contribution < 1.29 is 17.9 Å². The molecule has 1 amide bonds. The number of aryl methyl sites for hydroxylation is 2. The number of hydrogen-bond donors (Lipinski definition) is 2. The van der Waals surface area contributed by atoms with Crippen LogP contribution in [0.15, 0.2) is 41.3 Å². The lowest BCUT2D eigenvalue weighted by atomic mass is 10.1. The second kappa shape index (κ2) is 7.67. The summed E-state index contributed by atoms with van der Waals surface area (Å²) in [6.07, 6.45) is 0.602. The Morgan fingerprint density at radius 3 is 2.52 bits per heavy atom. The molecule has 0 radical (unpaired) electrons. The summed E-state index contributed by atoms with van der Waals surface area (Å²) in [5.41, 5.74) is 3.08. The maximum atomic E-state index is 12.4. The van der Waals surface area contributed by atoms with Gasteiger partial charge in [-0.2, -0.15) is 0 Å². The monoisotopic (exact) mass is 362 g/mol. The summed E-state index contributed by atoms with van der Waals surface area (Å²) in [6.45, 7) is 4.13. The highest BCUT2D eigenvalue weighted by Gasteiger charge is 2.14. The predicted octanol–water partition coefficient (Wildman–Crippen LogP) is 1.93. The Labute approximate surface area is 148 Å². The predicted molar refractivity (Wildman–Crippen MR) is 96.3 cm³/mol. The fraction of sp³-hybridized carbons (Fsp3) is 0.278. The minimum atomic E-state index is -3.85. The van der Waals surface area contributed by atoms with Crippen molar-refractivity contribution in [3.63, 3.8) is 0 Å². The Hall–Kier alpha value is -2.38. The number of hydrogen-bond acceptors (Lipinski definition) is 4. The maximum Gasteiger partial charge on any atom is 0.251 e. The first-order chi connectivity index (χ1) is 11.7. The van der Waals surface area contributed by atoms with Gasteiger partial charge in [-0.3, -0.25) is 4.79 Å². The molecular weight excluding hydrogens is 340 g/mol. The van der Waals surface area contributed by atoms with Gasteiger partial charge in [0.15, 0.2) is 0 Å². The molecule has 7 heteroatoms. The molecule has 0 heterocycles. The van der Waals surface area contributed by atoms with Crippen LogP contribution in [-0.2, 0) is 16.4 Å². The largest absolute Gasteiger partial charge is 0.496 e. The van der Waals surface area contributed by atoms with Gasteiger partial charge >= 0.3 is 0 Å². The molecule has 2 rings (SSSR count). The van der Waals surface area contributed by atoms with E-state index in [1.807, 2.05) is 25.1 Å². The van der Waals surface area contributed by atoms with Gasteiger partial charge in [0.05, 0.1) is 12.0 Å². The van der Waals surface area contributed by atoms with Crippen molar-refractivity contribution >= 4 is 15.9 Å². The number of methoxy groups -OCH3 is 1. The lowest BCUT2D eigenvalue weighted by Gasteiger charge is -2.12. The molecule has 0 atom stereocenters. The minimum absolute atomic E-state index is 0.0800. The molecule has 0 spiro atoms. The number of amides is 1. The quantitative estimate of drug-likeness (QED) is 0.820. The zero-order valence-corrected chi connectivity index (χ0v) is 15.3. The summed E-state index contributed by atoms with van der Waals surface area (Å²) >= 11 is 0. The average molecular weight is 362 g/mol. The molecule has 2 aromatic carbocycles. The van der Waals surface area contributed by atoms with E-state index in [-0.39, 0.29) is 10.8 Å². The summed E-state index contributed by atoms with van der Waals surface area (Å²) in [4.78, 5) is 12.3. The molecule has 0 bridgehead atoms. The van der Waals surface area contributed by atoms with E-state index in [4.69, 9.17) is 9.88 Å². The lowest BCUT2D eigenvalue weighted by molar-refractivity contribution is 0.0953. The lowest BCUT2D eigenvalue weighted by Crippen LogP contribution is -2.27. The highest BCUT2D eigenvalue weighted by molar-refractivity contribution is 7.89. The van der Waals surface area contributed by atoms with E-state index in [9.17, 15) is 13.2 Å². The Balaban J connectivity index is 2.10. The molecular formula is C18H22N2O4S. The van der Waals surface area contributed by atoms with Gasteiger partial charge in [-0.1, -0.05) is 23.8 Å². The van der Waals surface area contributed by atoms with E-state index in [1.54, 1.807) is 20.1 Å². The topological polar surface area (TPSA) is 98.5 Å². The van der Waals surface area contributed by atoms with E-state index in [2.05, 4.69) is 5.32 Å². The van der Waals surface area contributed by atoms with Crippen LogP contribution >= 0.6 is 0 Å². The highest BCUT2D eigenvalue weighted by atomic mass is 32.2. The number of benzene rings is 2. The van der Waals surface area contributed by atoms with Crippen molar-refractivity contribution in [1.29, 1.82) is 0 Å². The number of carbonyl (C=O) groups excluding carboxylic acids is 1. The van der Waals surface area contributed by atoms with Crippen LogP contribution < -0.4 is 15.2 Å². The number of rotatable bonds is 6. The second-order valence-electron chi connectivity index (χ2n) is 5.84. The standard InChI is InChI=1S/C18H22N2O4S/c1-12-4-7-17(24-3)14(10-12)8-9-20-18(21)16-11-15(25(19,22)23)6-5-13(16)2/h4-7,10-11H,8-9H2,1-3H3,(H,20,21)(H2,19,22,23). The summed E-state index contributed by atoms with van der Waals surface area (Å²) in [6, 6.07) is 10.1. The molecule has 0 saturated carbocycles. The average Bonchev–Trinajstić information content (AvgIpc) is 2.54.